The van der Waals surface area contributed by atoms with Crippen LogP contribution in [0.2, 0.25) is 0 Å². The fourth-order valence-corrected chi connectivity index (χ4v) is 6.44. The van der Waals surface area contributed by atoms with Crippen LogP contribution in [0.1, 0.15) is 46.8 Å². The average molecular weight is 564 g/mol. The molecule has 2 heterocycles. The highest BCUT2D eigenvalue weighted by molar-refractivity contribution is 7.90. The van der Waals surface area contributed by atoms with E-state index in [0.717, 1.165) is 12.0 Å². The molecule has 1 atom stereocenters. The first-order valence-corrected chi connectivity index (χ1v) is 14.3. The van der Waals surface area contributed by atoms with Gasteiger partial charge in [0.25, 0.3) is 0 Å². The van der Waals surface area contributed by atoms with Gasteiger partial charge in [0.05, 0.1) is 20.8 Å². The van der Waals surface area contributed by atoms with Crippen molar-refractivity contribution in [2.75, 3.05) is 20.8 Å². The average Bonchev–Trinajstić information content (AvgIpc) is 3.41. The van der Waals surface area contributed by atoms with Crippen molar-refractivity contribution in [3.63, 3.8) is 0 Å². The number of fused-ring (bicyclic) bond motifs is 1. The van der Waals surface area contributed by atoms with Crippen LogP contribution < -0.4 is 18.9 Å². The highest BCUT2D eigenvalue weighted by Crippen LogP contribution is 2.37. The van der Waals surface area contributed by atoms with E-state index in [9.17, 15) is 13.2 Å². The van der Waals surface area contributed by atoms with E-state index in [4.69, 9.17) is 14.2 Å². The number of carbonyl (C=O) groups is 1. The fraction of sp³-hybridized carbons (Fsp3) is 0.286. The molecule has 12 heteroatoms. The molecule has 208 valence electrons. The van der Waals surface area contributed by atoms with Crippen LogP contribution in [0.4, 0.5) is 0 Å². The Morgan fingerprint density at radius 2 is 1.73 bits per heavy atom. The predicted molar refractivity (Wildman–Crippen MR) is 147 cm³/mol. The standard InChI is InChI=1S/C28H29N5O6S/c1-4-39-24-17-8-13-20(29-24)26-30-31-27(33(26)25-21(37-2)14-9-15-22(25)38-3)28(34)32-40(35,36)23-16-7-11-18-10-5-6-12-19(18)23/h5-6,8-10,12-15,17,23H,4,7,11,16H2,1-3H3,(H,32,34)/t23-/m0/s1. The number of hydrogen-bond donors (Lipinski definition) is 1. The molecule has 1 N–H and O–H groups in total. The number of para-hydroxylation sites is 1. The number of aromatic nitrogens is 4. The molecule has 0 bridgehead atoms. The van der Waals surface area contributed by atoms with Gasteiger partial charge in [-0.05, 0) is 55.5 Å². The van der Waals surface area contributed by atoms with Gasteiger partial charge < -0.3 is 14.2 Å². The largest absolute Gasteiger partial charge is 0.494 e. The smallest absolute Gasteiger partial charge is 0.303 e. The van der Waals surface area contributed by atoms with Gasteiger partial charge >= 0.3 is 5.91 Å². The van der Waals surface area contributed by atoms with Crippen molar-refractivity contribution in [3.05, 3.63) is 77.6 Å². The zero-order valence-electron chi connectivity index (χ0n) is 22.3. The topological polar surface area (TPSA) is 135 Å². The van der Waals surface area contributed by atoms with Gasteiger partial charge in [-0.1, -0.05) is 36.4 Å². The van der Waals surface area contributed by atoms with Crippen LogP contribution in [0.25, 0.3) is 17.2 Å². The maximum Gasteiger partial charge on any atom is 0.303 e. The maximum absolute atomic E-state index is 13.7. The Bertz CT molecular complexity index is 1630. The minimum atomic E-state index is -4.12. The summed E-state index contributed by atoms with van der Waals surface area (Å²) in [5.74, 6) is -0.0234. The van der Waals surface area contributed by atoms with Crippen LogP contribution in [-0.2, 0) is 16.4 Å². The summed E-state index contributed by atoms with van der Waals surface area (Å²) in [6.07, 6.45) is 1.87. The zero-order chi connectivity index (χ0) is 28.3. The summed E-state index contributed by atoms with van der Waals surface area (Å²) in [4.78, 5) is 18.2. The molecule has 1 aliphatic carbocycles. The third-order valence-corrected chi connectivity index (χ3v) is 8.37. The lowest BCUT2D eigenvalue weighted by atomic mass is 9.91. The minimum Gasteiger partial charge on any atom is -0.494 e. The third kappa shape index (κ3) is 5.09. The van der Waals surface area contributed by atoms with Gasteiger partial charge in [-0.3, -0.25) is 9.36 Å². The van der Waals surface area contributed by atoms with Gasteiger partial charge in [-0.25, -0.2) is 18.1 Å². The second kappa shape index (κ2) is 11.3. The summed E-state index contributed by atoms with van der Waals surface area (Å²) >= 11 is 0. The number of nitrogens with zero attached hydrogens (tertiary/aromatic N) is 4. The molecule has 4 aromatic rings. The van der Waals surface area contributed by atoms with E-state index in [-0.39, 0.29) is 11.6 Å². The van der Waals surface area contributed by atoms with E-state index in [1.807, 2.05) is 19.1 Å². The van der Waals surface area contributed by atoms with Gasteiger partial charge in [-0.15, -0.1) is 10.2 Å². The van der Waals surface area contributed by atoms with Crippen molar-refractivity contribution in [2.45, 2.75) is 31.4 Å². The third-order valence-electron chi connectivity index (χ3n) is 6.66. The monoisotopic (exact) mass is 563 g/mol. The highest BCUT2D eigenvalue weighted by Gasteiger charge is 2.35. The van der Waals surface area contributed by atoms with E-state index in [2.05, 4.69) is 19.9 Å². The number of pyridine rings is 1. The van der Waals surface area contributed by atoms with Crippen LogP contribution in [0.3, 0.4) is 0 Å². The van der Waals surface area contributed by atoms with E-state index in [0.29, 0.717) is 53.8 Å². The Morgan fingerprint density at radius 3 is 2.45 bits per heavy atom. The summed E-state index contributed by atoms with van der Waals surface area (Å²) in [6, 6.07) is 17.6. The van der Waals surface area contributed by atoms with Crippen LogP contribution in [0.15, 0.2) is 60.7 Å². The number of sulfonamides is 1. The molecule has 11 nitrogen and oxygen atoms in total. The van der Waals surface area contributed by atoms with Gasteiger partial charge in [0.1, 0.15) is 28.1 Å². The maximum atomic E-state index is 13.7. The van der Waals surface area contributed by atoms with E-state index in [1.165, 1.54) is 18.8 Å². The number of benzene rings is 2. The van der Waals surface area contributed by atoms with Crippen molar-refractivity contribution in [1.82, 2.24) is 24.5 Å². The second-order valence-electron chi connectivity index (χ2n) is 9.04. The predicted octanol–water partition coefficient (Wildman–Crippen LogP) is 3.88. The quantitative estimate of drug-likeness (QED) is 0.322. The molecule has 0 aliphatic heterocycles. The Labute approximate surface area is 232 Å². The molecule has 5 rings (SSSR count). The highest BCUT2D eigenvalue weighted by atomic mass is 32.2. The molecule has 0 fully saturated rings. The van der Waals surface area contributed by atoms with Crippen molar-refractivity contribution >= 4 is 15.9 Å². The number of hydrogen-bond acceptors (Lipinski definition) is 9. The molecule has 0 unspecified atom stereocenters. The first-order chi connectivity index (χ1) is 19.4. The first kappa shape index (κ1) is 27.1. The number of nitrogens with one attached hydrogen (secondary N) is 1. The van der Waals surface area contributed by atoms with E-state index >= 15 is 0 Å². The van der Waals surface area contributed by atoms with E-state index in [1.54, 1.807) is 48.5 Å². The van der Waals surface area contributed by atoms with Crippen molar-refractivity contribution in [1.29, 1.82) is 0 Å². The molecule has 0 saturated carbocycles. The number of amides is 1. The lowest BCUT2D eigenvalue weighted by Gasteiger charge is -2.25. The molecule has 0 saturated heterocycles. The second-order valence-corrected chi connectivity index (χ2v) is 10.9. The van der Waals surface area contributed by atoms with Gasteiger partial charge in [-0.2, -0.15) is 0 Å². The summed E-state index contributed by atoms with van der Waals surface area (Å²) in [6.45, 7) is 2.24. The molecule has 1 aliphatic rings. The van der Waals surface area contributed by atoms with Crippen molar-refractivity contribution in [3.8, 4) is 34.6 Å². The summed E-state index contributed by atoms with van der Waals surface area (Å²) in [5.41, 5.74) is 2.30. The molecular formula is C28H29N5O6S. The van der Waals surface area contributed by atoms with Crippen molar-refractivity contribution in [2.24, 2.45) is 0 Å². The summed E-state index contributed by atoms with van der Waals surface area (Å²) < 4.78 is 47.4. The minimum absolute atomic E-state index is 0.162. The molecular weight excluding hydrogens is 534 g/mol. The molecule has 0 spiro atoms. The summed E-state index contributed by atoms with van der Waals surface area (Å²) in [5, 5.41) is 7.48. The molecule has 2 aromatic heterocycles. The normalized spacial score (nSPS) is 14.7. The van der Waals surface area contributed by atoms with Crippen molar-refractivity contribution < 1.29 is 27.4 Å². The number of ether oxygens (including phenoxy) is 3. The fourth-order valence-electron chi connectivity index (χ4n) is 4.91. The zero-order valence-corrected chi connectivity index (χ0v) is 23.1. The van der Waals surface area contributed by atoms with Crippen LogP contribution >= 0.6 is 0 Å². The Morgan fingerprint density at radius 1 is 1.00 bits per heavy atom. The van der Waals surface area contributed by atoms with Crippen LogP contribution in [0.5, 0.6) is 17.4 Å². The molecule has 0 radical (unpaired) electrons. The van der Waals surface area contributed by atoms with Gasteiger partial charge in [0.2, 0.25) is 21.7 Å². The lowest BCUT2D eigenvalue weighted by Crippen LogP contribution is -2.37. The SMILES string of the molecule is CCOc1cccc(-c2nnc(C(=O)NS(=O)(=O)[C@H]3CCCc4ccccc43)n2-c2c(OC)cccc2OC)n1. The molecule has 2 aromatic carbocycles. The molecule has 40 heavy (non-hydrogen) atoms. The van der Waals surface area contributed by atoms with E-state index < -0.39 is 21.2 Å². The summed E-state index contributed by atoms with van der Waals surface area (Å²) in [7, 11) is -1.18. The number of carbonyl (C=O) groups excluding carboxylic acids is 1. The number of rotatable bonds is 9. The van der Waals surface area contributed by atoms with Gasteiger partial charge in [0.15, 0.2) is 5.82 Å². The van der Waals surface area contributed by atoms with Crippen LogP contribution in [0, 0.1) is 0 Å². The Balaban J connectivity index is 1.62. The van der Waals surface area contributed by atoms with Crippen LogP contribution in [-0.4, -0.2) is 54.9 Å². The number of methoxy groups -OCH3 is 2. The first-order valence-electron chi connectivity index (χ1n) is 12.8. The molecule has 1 amide bonds. The Hall–Kier alpha value is -4.45. The lowest BCUT2D eigenvalue weighted by molar-refractivity contribution is 0.0969. The van der Waals surface area contributed by atoms with Gasteiger partial charge in [0, 0.05) is 6.07 Å². The Kier molecular flexibility index (Phi) is 7.69. The number of aryl methyl sites for hydroxylation is 1.